The molecule has 0 radical (unpaired) electrons. The number of hydrogen-bond donors (Lipinski definition) is 1. The van der Waals surface area contributed by atoms with Crippen LogP contribution in [0.1, 0.15) is 41.3 Å². The molecule has 39 heavy (non-hydrogen) atoms. The van der Waals surface area contributed by atoms with Crippen molar-refractivity contribution < 1.29 is 22.8 Å². The van der Waals surface area contributed by atoms with Gasteiger partial charge in [-0.3, -0.25) is 14.4 Å². The molecule has 0 bridgehead atoms. The number of carbonyl (C=O) groups is 3. The molecule has 0 saturated carbocycles. The van der Waals surface area contributed by atoms with Crippen LogP contribution in [0.2, 0.25) is 5.02 Å². The zero-order valence-electron chi connectivity index (χ0n) is 21.5. The molecule has 10 heteroatoms. The maximum absolute atomic E-state index is 13.8. The number of rotatable bonds is 11. The molecule has 4 rings (SSSR count). The fourth-order valence-corrected chi connectivity index (χ4v) is 6.29. The van der Waals surface area contributed by atoms with Gasteiger partial charge in [-0.2, -0.15) is 0 Å². The lowest BCUT2D eigenvalue weighted by atomic mass is 10.0. The van der Waals surface area contributed by atoms with E-state index in [0.717, 1.165) is 16.3 Å². The Labute approximate surface area is 233 Å². The Balaban J connectivity index is 1.63. The first-order valence-electron chi connectivity index (χ1n) is 12.7. The summed E-state index contributed by atoms with van der Waals surface area (Å²) in [5.41, 5.74) is 1.59. The molecule has 0 aliphatic carbocycles. The molecule has 0 saturated heterocycles. The highest BCUT2D eigenvalue weighted by atomic mass is 35.5. The van der Waals surface area contributed by atoms with E-state index in [9.17, 15) is 22.8 Å². The number of nitrogens with one attached hydrogen (secondary N) is 1. The molecule has 1 atom stereocenters. The Kier molecular flexibility index (Phi) is 9.04. The first-order valence-corrected chi connectivity index (χ1v) is 14.6. The van der Waals surface area contributed by atoms with Gasteiger partial charge in [0.1, 0.15) is 10.9 Å². The lowest BCUT2D eigenvalue weighted by Gasteiger charge is -2.32. The topological polar surface area (TPSA) is 104 Å². The Morgan fingerprint density at radius 2 is 1.64 bits per heavy atom. The van der Waals surface area contributed by atoms with Crippen molar-refractivity contribution in [3.05, 3.63) is 101 Å². The molecule has 0 aromatic heterocycles. The molecular formula is C29H30ClN3O5S. The van der Waals surface area contributed by atoms with Gasteiger partial charge in [0.2, 0.25) is 11.8 Å². The third-order valence-corrected chi connectivity index (χ3v) is 8.77. The number of amides is 3. The highest BCUT2D eigenvalue weighted by Gasteiger charge is 2.41. The molecule has 0 fully saturated rings. The van der Waals surface area contributed by atoms with Crippen LogP contribution in [0.5, 0.6) is 0 Å². The molecule has 3 aromatic rings. The fourth-order valence-electron chi connectivity index (χ4n) is 4.52. The van der Waals surface area contributed by atoms with Crippen LogP contribution in [0.25, 0.3) is 0 Å². The molecule has 0 spiro atoms. The normalized spacial score (nSPS) is 14.5. The van der Waals surface area contributed by atoms with E-state index in [-0.39, 0.29) is 42.3 Å². The predicted octanol–water partition coefficient (Wildman–Crippen LogP) is 4.04. The smallest absolute Gasteiger partial charge is 0.269 e. The van der Waals surface area contributed by atoms with E-state index in [0.29, 0.717) is 17.1 Å². The summed E-state index contributed by atoms with van der Waals surface area (Å²) in [5.74, 6) is -1.46. The van der Waals surface area contributed by atoms with Crippen LogP contribution in [0, 0.1) is 0 Å². The van der Waals surface area contributed by atoms with Gasteiger partial charge >= 0.3 is 0 Å². The molecule has 8 nitrogen and oxygen atoms in total. The van der Waals surface area contributed by atoms with E-state index in [4.69, 9.17) is 11.6 Å². The van der Waals surface area contributed by atoms with E-state index in [2.05, 4.69) is 5.32 Å². The lowest BCUT2D eigenvalue weighted by molar-refractivity contribution is -0.141. The van der Waals surface area contributed by atoms with E-state index >= 15 is 0 Å². The Morgan fingerprint density at radius 3 is 2.33 bits per heavy atom. The fraction of sp³-hybridized carbons (Fsp3) is 0.276. The third kappa shape index (κ3) is 6.32. The maximum Gasteiger partial charge on any atom is 0.269 e. The first kappa shape index (κ1) is 28.3. The highest BCUT2D eigenvalue weighted by Crippen LogP contribution is 2.30. The van der Waals surface area contributed by atoms with Gasteiger partial charge in [-0.25, -0.2) is 12.7 Å². The summed E-state index contributed by atoms with van der Waals surface area (Å²) in [4.78, 5) is 41.4. The van der Waals surface area contributed by atoms with Crippen LogP contribution in [0.4, 0.5) is 0 Å². The molecule has 1 aliphatic heterocycles. The van der Waals surface area contributed by atoms with Crippen molar-refractivity contribution in [3.8, 4) is 0 Å². The van der Waals surface area contributed by atoms with Crippen molar-refractivity contribution in [1.29, 1.82) is 0 Å². The molecule has 1 N–H and O–H groups in total. The number of carbonyl (C=O) groups excluding carboxylic acids is 3. The zero-order valence-corrected chi connectivity index (χ0v) is 23.1. The predicted molar refractivity (Wildman–Crippen MR) is 149 cm³/mol. The lowest BCUT2D eigenvalue weighted by Crippen LogP contribution is -2.51. The van der Waals surface area contributed by atoms with Gasteiger partial charge in [0.05, 0.1) is 5.56 Å². The molecule has 204 valence electrons. The summed E-state index contributed by atoms with van der Waals surface area (Å²) in [5, 5.41) is 3.33. The number of nitrogens with zero attached hydrogens (tertiary/aromatic N) is 2. The van der Waals surface area contributed by atoms with Crippen molar-refractivity contribution in [2.75, 3.05) is 13.1 Å². The van der Waals surface area contributed by atoms with E-state index < -0.39 is 27.9 Å². The second-order valence-corrected chi connectivity index (χ2v) is 11.5. The number of benzene rings is 3. The number of sulfonamides is 1. The average molecular weight is 568 g/mol. The largest absolute Gasteiger partial charge is 0.354 e. The van der Waals surface area contributed by atoms with Crippen LogP contribution < -0.4 is 5.32 Å². The van der Waals surface area contributed by atoms with E-state index in [1.165, 1.54) is 17.0 Å². The number of fused-ring (bicyclic) bond motifs is 1. The maximum atomic E-state index is 13.8. The van der Waals surface area contributed by atoms with Crippen molar-refractivity contribution in [2.45, 2.75) is 43.7 Å². The van der Waals surface area contributed by atoms with Crippen LogP contribution in [-0.4, -0.2) is 54.5 Å². The van der Waals surface area contributed by atoms with Gasteiger partial charge < -0.3 is 10.2 Å². The molecule has 1 aliphatic rings. The summed E-state index contributed by atoms with van der Waals surface area (Å²) in [6.45, 7) is 2.07. The summed E-state index contributed by atoms with van der Waals surface area (Å²) in [6, 6.07) is 21.5. The van der Waals surface area contributed by atoms with Crippen LogP contribution >= 0.6 is 11.6 Å². The van der Waals surface area contributed by atoms with Gasteiger partial charge in [-0.05, 0) is 35.7 Å². The Hall–Kier alpha value is -3.69. The van der Waals surface area contributed by atoms with Crippen molar-refractivity contribution in [3.63, 3.8) is 0 Å². The van der Waals surface area contributed by atoms with Gasteiger partial charge in [0, 0.05) is 37.5 Å². The molecule has 1 unspecified atom stereocenters. The van der Waals surface area contributed by atoms with Gasteiger partial charge in [0.25, 0.3) is 15.9 Å². The quantitative estimate of drug-likeness (QED) is 0.377. The summed E-state index contributed by atoms with van der Waals surface area (Å²) in [6.07, 6.45) is 0.673. The Bertz CT molecular complexity index is 1460. The minimum Gasteiger partial charge on any atom is -0.354 e. The van der Waals surface area contributed by atoms with Gasteiger partial charge in [-0.1, -0.05) is 79.2 Å². The first-order chi connectivity index (χ1) is 18.7. The molecular weight excluding hydrogens is 538 g/mol. The Morgan fingerprint density at radius 1 is 0.974 bits per heavy atom. The van der Waals surface area contributed by atoms with Gasteiger partial charge in [0.15, 0.2) is 0 Å². The zero-order chi connectivity index (χ0) is 28.0. The monoisotopic (exact) mass is 567 g/mol. The summed E-state index contributed by atoms with van der Waals surface area (Å²) < 4.78 is 26.8. The highest BCUT2D eigenvalue weighted by molar-refractivity contribution is 7.90. The van der Waals surface area contributed by atoms with Crippen LogP contribution in [0.15, 0.2) is 83.8 Å². The van der Waals surface area contributed by atoms with Crippen molar-refractivity contribution in [1.82, 2.24) is 14.5 Å². The third-order valence-electron chi connectivity index (χ3n) is 6.56. The van der Waals surface area contributed by atoms with Gasteiger partial charge in [-0.15, -0.1) is 0 Å². The van der Waals surface area contributed by atoms with E-state index in [1.54, 1.807) is 36.4 Å². The minimum atomic E-state index is -4.07. The summed E-state index contributed by atoms with van der Waals surface area (Å²) in [7, 11) is -4.07. The van der Waals surface area contributed by atoms with Crippen LogP contribution in [0.3, 0.4) is 0 Å². The van der Waals surface area contributed by atoms with Crippen molar-refractivity contribution >= 4 is 39.3 Å². The second kappa shape index (κ2) is 12.4. The van der Waals surface area contributed by atoms with Crippen molar-refractivity contribution in [2.24, 2.45) is 0 Å². The molecule has 1 heterocycles. The standard InChI is InChI=1S/C29H30ClN3O5S/c1-2-17-31-28(35)25(19-21-10-4-3-5-11-21)32(20-22-12-6-8-14-24(22)30)27(34)16-18-33-29(36)23-13-7-9-15-26(23)39(33,37)38/h3-15,25H,2,16-20H2,1H3,(H,31,35). The minimum absolute atomic E-state index is 0.0382. The van der Waals surface area contributed by atoms with Crippen LogP contribution in [-0.2, 0) is 32.6 Å². The SMILES string of the molecule is CCCNC(=O)C(Cc1ccccc1)N(Cc1ccccc1Cl)C(=O)CCN1C(=O)c2ccccc2S1(=O)=O. The summed E-state index contributed by atoms with van der Waals surface area (Å²) >= 11 is 6.42. The molecule has 3 amide bonds. The second-order valence-electron chi connectivity index (χ2n) is 9.24. The average Bonchev–Trinajstić information content (AvgIpc) is 3.13. The van der Waals surface area contributed by atoms with E-state index in [1.807, 2.05) is 37.3 Å². The number of hydrogen-bond acceptors (Lipinski definition) is 5. The molecule has 3 aromatic carbocycles. The number of halogens is 1.